The predicted molar refractivity (Wildman–Crippen MR) is 51.6 cm³/mol. The van der Waals surface area contributed by atoms with Crippen molar-refractivity contribution in [1.82, 2.24) is 0 Å². The van der Waals surface area contributed by atoms with Gasteiger partial charge in [-0.3, -0.25) is 0 Å². The molecule has 0 aliphatic carbocycles. The monoisotopic (exact) mass is 199 g/mol. The van der Waals surface area contributed by atoms with Crippen molar-refractivity contribution in [3.8, 4) is 5.75 Å². The molecule has 3 nitrogen and oxygen atoms in total. The fraction of sp³-hybridized carbons (Fsp3) is 0.400. The summed E-state index contributed by atoms with van der Waals surface area (Å²) in [4.78, 5) is 0. The smallest absolute Gasteiger partial charge is 0.136 e. The second-order valence-electron chi connectivity index (χ2n) is 2.86. The van der Waals surface area contributed by atoms with Gasteiger partial charge in [-0.2, -0.15) is 0 Å². The Labute approximate surface area is 82.6 Å². The van der Waals surface area contributed by atoms with Crippen LogP contribution in [0.5, 0.6) is 5.75 Å². The highest BCUT2D eigenvalue weighted by Crippen LogP contribution is 2.24. The highest BCUT2D eigenvalue weighted by atomic mass is 19.1. The molecule has 1 aromatic carbocycles. The topological polar surface area (TPSA) is 44.5 Å². The number of hydrogen-bond donors (Lipinski definition) is 1. The van der Waals surface area contributed by atoms with Gasteiger partial charge in [0.15, 0.2) is 0 Å². The van der Waals surface area contributed by atoms with E-state index in [1.165, 1.54) is 14.2 Å². The molecular weight excluding hydrogens is 185 g/mol. The lowest BCUT2D eigenvalue weighted by Crippen LogP contribution is -2.06. The Balaban J connectivity index is 3.13. The number of ether oxygens (including phenoxy) is 2. The fourth-order valence-corrected chi connectivity index (χ4v) is 1.30. The minimum atomic E-state index is -0.339. The minimum Gasteiger partial charge on any atom is -0.496 e. The van der Waals surface area contributed by atoms with Crippen LogP contribution in [0.25, 0.3) is 0 Å². The van der Waals surface area contributed by atoms with Gasteiger partial charge in [-0.05, 0) is 6.07 Å². The third-order valence-corrected chi connectivity index (χ3v) is 2.00. The van der Waals surface area contributed by atoms with Crippen LogP contribution in [0.2, 0.25) is 0 Å². The first-order valence-electron chi connectivity index (χ1n) is 4.27. The van der Waals surface area contributed by atoms with Crippen LogP contribution in [0, 0.1) is 5.82 Å². The minimum absolute atomic E-state index is 0.118. The van der Waals surface area contributed by atoms with Crippen LogP contribution < -0.4 is 10.5 Å². The Morgan fingerprint density at radius 1 is 1.36 bits per heavy atom. The Morgan fingerprint density at radius 3 is 2.57 bits per heavy atom. The predicted octanol–water partition coefficient (Wildman–Crippen LogP) is 1.44. The third-order valence-electron chi connectivity index (χ3n) is 2.00. The number of halogens is 1. The van der Waals surface area contributed by atoms with Crippen molar-refractivity contribution in [3.05, 3.63) is 29.1 Å². The van der Waals surface area contributed by atoms with Gasteiger partial charge in [-0.25, -0.2) is 4.39 Å². The summed E-state index contributed by atoms with van der Waals surface area (Å²) in [5.74, 6) is 0.138. The van der Waals surface area contributed by atoms with E-state index >= 15 is 0 Å². The lowest BCUT2D eigenvalue weighted by molar-refractivity contribution is 0.181. The molecule has 78 valence electrons. The molecule has 0 amide bonds. The Bertz CT molecular complexity index is 315. The second-order valence-corrected chi connectivity index (χ2v) is 2.86. The van der Waals surface area contributed by atoms with Crippen LogP contribution in [-0.2, 0) is 17.9 Å². The van der Waals surface area contributed by atoms with Crippen LogP contribution >= 0.6 is 0 Å². The van der Waals surface area contributed by atoms with Gasteiger partial charge in [-0.1, -0.05) is 6.07 Å². The molecule has 0 saturated carbocycles. The summed E-state index contributed by atoms with van der Waals surface area (Å²) in [5, 5.41) is 0. The molecule has 0 heterocycles. The molecule has 0 bridgehead atoms. The molecular formula is C10H14FNO2. The van der Waals surface area contributed by atoms with Crippen molar-refractivity contribution in [2.24, 2.45) is 5.73 Å². The van der Waals surface area contributed by atoms with Gasteiger partial charge in [0.25, 0.3) is 0 Å². The lowest BCUT2D eigenvalue weighted by atomic mass is 10.1. The molecule has 2 N–H and O–H groups in total. The first kappa shape index (κ1) is 10.9. The summed E-state index contributed by atoms with van der Waals surface area (Å²) in [6, 6.07) is 3.33. The van der Waals surface area contributed by atoms with Crippen LogP contribution in [0.15, 0.2) is 12.1 Å². The first-order valence-corrected chi connectivity index (χ1v) is 4.27. The molecule has 0 radical (unpaired) electrons. The maximum atomic E-state index is 13.7. The van der Waals surface area contributed by atoms with E-state index < -0.39 is 0 Å². The van der Waals surface area contributed by atoms with Crippen molar-refractivity contribution in [1.29, 1.82) is 0 Å². The number of benzene rings is 1. The van der Waals surface area contributed by atoms with Gasteiger partial charge >= 0.3 is 0 Å². The fourth-order valence-electron chi connectivity index (χ4n) is 1.30. The molecule has 0 fully saturated rings. The summed E-state index contributed by atoms with van der Waals surface area (Å²) in [5.41, 5.74) is 6.32. The largest absolute Gasteiger partial charge is 0.496 e. The van der Waals surface area contributed by atoms with Crippen molar-refractivity contribution in [2.45, 2.75) is 13.2 Å². The van der Waals surface area contributed by atoms with E-state index in [1.807, 2.05) is 0 Å². The molecule has 4 heteroatoms. The second kappa shape index (κ2) is 4.93. The lowest BCUT2D eigenvalue weighted by Gasteiger charge is -2.10. The van der Waals surface area contributed by atoms with Gasteiger partial charge in [0, 0.05) is 24.8 Å². The average Bonchev–Trinajstić information content (AvgIpc) is 2.21. The Hall–Kier alpha value is -1.13. The van der Waals surface area contributed by atoms with Gasteiger partial charge in [0.2, 0.25) is 0 Å². The molecule has 0 atom stereocenters. The van der Waals surface area contributed by atoms with E-state index in [1.54, 1.807) is 12.1 Å². The molecule has 14 heavy (non-hydrogen) atoms. The normalized spacial score (nSPS) is 10.3. The maximum Gasteiger partial charge on any atom is 0.136 e. The van der Waals surface area contributed by atoms with Gasteiger partial charge in [0.1, 0.15) is 11.6 Å². The number of rotatable bonds is 4. The van der Waals surface area contributed by atoms with Crippen LogP contribution in [-0.4, -0.2) is 14.2 Å². The summed E-state index contributed by atoms with van der Waals surface area (Å²) in [6.45, 7) is 0.357. The third kappa shape index (κ3) is 2.02. The maximum absolute atomic E-state index is 13.7. The van der Waals surface area contributed by atoms with E-state index in [0.29, 0.717) is 16.9 Å². The van der Waals surface area contributed by atoms with E-state index in [9.17, 15) is 4.39 Å². The van der Waals surface area contributed by atoms with E-state index in [0.717, 1.165) is 0 Å². The van der Waals surface area contributed by atoms with Crippen LogP contribution in [0.4, 0.5) is 4.39 Å². The molecule has 1 rings (SSSR count). The number of nitrogens with two attached hydrogens (primary N) is 1. The SMILES string of the molecule is COCc1ccc(OC)c(CN)c1F. The summed E-state index contributed by atoms with van der Waals surface area (Å²) in [7, 11) is 3.01. The van der Waals surface area contributed by atoms with Gasteiger partial charge < -0.3 is 15.2 Å². The molecule has 0 aliphatic heterocycles. The standard InChI is InChI=1S/C10H14FNO2/c1-13-6-7-3-4-9(14-2)8(5-12)10(7)11/h3-4H,5-6,12H2,1-2H3. The number of methoxy groups -OCH3 is 2. The zero-order chi connectivity index (χ0) is 10.6. The molecule has 0 aliphatic rings. The molecule has 0 saturated heterocycles. The van der Waals surface area contributed by atoms with Crippen molar-refractivity contribution in [2.75, 3.05) is 14.2 Å². The molecule has 0 unspecified atom stereocenters. The summed E-state index contributed by atoms with van der Waals surface area (Å²) < 4.78 is 23.5. The number of hydrogen-bond acceptors (Lipinski definition) is 3. The molecule has 1 aromatic rings. The van der Waals surface area contributed by atoms with E-state index in [2.05, 4.69) is 0 Å². The zero-order valence-corrected chi connectivity index (χ0v) is 8.34. The summed E-state index contributed by atoms with van der Waals surface area (Å²) in [6.07, 6.45) is 0. The van der Waals surface area contributed by atoms with Crippen molar-refractivity contribution in [3.63, 3.8) is 0 Å². The van der Waals surface area contributed by atoms with Crippen LogP contribution in [0.3, 0.4) is 0 Å². The van der Waals surface area contributed by atoms with Crippen LogP contribution in [0.1, 0.15) is 11.1 Å². The van der Waals surface area contributed by atoms with Crippen molar-refractivity contribution >= 4 is 0 Å². The van der Waals surface area contributed by atoms with Gasteiger partial charge in [0.05, 0.1) is 13.7 Å². The van der Waals surface area contributed by atoms with E-state index in [4.69, 9.17) is 15.2 Å². The van der Waals surface area contributed by atoms with Crippen molar-refractivity contribution < 1.29 is 13.9 Å². The average molecular weight is 199 g/mol. The van der Waals surface area contributed by atoms with E-state index in [-0.39, 0.29) is 19.0 Å². The Morgan fingerprint density at radius 2 is 2.07 bits per heavy atom. The molecule has 0 aromatic heterocycles. The molecule has 0 spiro atoms. The highest BCUT2D eigenvalue weighted by Gasteiger charge is 2.12. The quantitative estimate of drug-likeness (QED) is 0.798. The Kier molecular flexibility index (Phi) is 3.85. The zero-order valence-electron chi connectivity index (χ0n) is 8.34. The summed E-state index contributed by atoms with van der Waals surface area (Å²) >= 11 is 0. The highest BCUT2D eigenvalue weighted by molar-refractivity contribution is 5.38. The first-order chi connectivity index (χ1) is 6.74. The van der Waals surface area contributed by atoms with Gasteiger partial charge in [-0.15, -0.1) is 0 Å².